The third-order valence-electron chi connectivity index (χ3n) is 3.92. The molecule has 6 nitrogen and oxygen atoms in total. The molecule has 0 bridgehead atoms. The van der Waals surface area contributed by atoms with Crippen LogP contribution in [-0.2, 0) is 16.0 Å². The second kappa shape index (κ2) is 7.74. The first-order valence-electron chi connectivity index (χ1n) is 8.25. The van der Waals surface area contributed by atoms with Crippen LogP contribution in [0.4, 0.5) is 11.4 Å². The van der Waals surface area contributed by atoms with E-state index in [0.29, 0.717) is 23.7 Å². The molecule has 0 radical (unpaired) electrons. The number of anilines is 2. The minimum atomic E-state index is -0.263. The maximum Gasteiger partial charge on any atom is 0.248 e. The van der Waals surface area contributed by atoms with Crippen LogP contribution in [0.2, 0.25) is 0 Å². The zero-order valence-corrected chi connectivity index (χ0v) is 14.7. The molecule has 0 unspecified atom stereocenters. The summed E-state index contributed by atoms with van der Waals surface area (Å²) in [7, 11) is 1.52. The first kappa shape index (κ1) is 17.5. The highest BCUT2D eigenvalue weighted by Crippen LogP contribution is 2.28. The van der Waals surface area contributed by atoms with Gasteiger partial charge >= 0.3 is 0 Å². The summed E-state index contributed by atoms with van der Waals surface area (Å²) in [5.74, 6) is 0.956. The number of carbonyl (C=O) groups is 2. The molecule has 134 valence electrons. The predicted octanol–water partition coefficient (Wildman–Crippen LogP) is 3.24. The van der Waals surface area contributed by atoms with E-state index in [1.165, 1.54) is 20.1 Å². The zero-order chi connectivity index (χ0) is 18.5. The Labute approximate surface area is 151 Å². The molecular weight excluding hydrogens is 332 g/mol. The van der Waals surface area contributed by atoms with Crippen LogP contribution in [0.1, 0.15) is 18.1 Å². The molecule has 0 atom stereocenters. The van der Waals surface area contributed by atoms with Crippen LogP contribution in [-0.4, -0.2) is 25.5 Å². The Morgan fingerprint density at radius 1 is 1.15 bits per heavy atom. The summed E-state index contributed by atoms with van der Waals surface area (Å²) >= 11 is 0. The zero-order valence-electron chi connectivity index (χ0n) is 14.7. The first-order chi connectivity index (χ1) is 12.5. The Balaban J connectivity index is 1.68. The molecule has 0 saturated heterocycles. The summed E-state index contributed by atoms with van der Waals surface area (Å²) in [4.78, 5) is 23.4. The Kier molecular flexibility index (Phi) is 5.22. The maximum atomic E-state index is 12.2. The lowest BCUT2D eigenvalue weighted by molar-refractivity contribution is -0.114. The smallest absolute Gasteiger partial charge is 0.248 e. The van der Waals surface area contributed by atoms with Gasteiger partial charge in [0.25, 0.3) is 0 Å². The van der Waals surface area contributed by atoms with Crippen molar-refractivity contribution in [2.24, 2.45) is 0 Å². The molecule has 0 aromatic heterocycles. The van der Waals surface area contributed by atoms with Crippen LogP contribution in [0.25, 0.3) is 6.08 Å². The van der Waals surface area contributed by atoms with Gasteiger partial charge in [-0.15, -0.1) is 0 Å². The van der Waals surface area contributed by atoms with Crippen molar-refractivity contribution in [2.75, 3.05) is 24.4 Å². The Morgan fingerprint density at radius 2 is 2.00 bits per heavy atom. The molecule has 2 amide bonds. The van der Waals surface area contributed by atoms with Crippen molar-refractivity contribution in [3.63, 3.8) is 0 Å². The van der Waals surface area contributed by atoms with Crippen LogP contribution in [0.5, 0.6) is 11.5 Å². The van der Waals surface area contributed by atoms with E-state index in [1.807, 2.05) is 18.2 Å². The van der Waals surface area contributed by atoms with Gasteiger partial charge < -0.3 is 20.1 Å². The monoisotopic (exact) mass is 352 g/mol. The van der Waals surface area contributed by atoms with Crippen molar-refractivity contribution in [3.8, 4) is 11.5 Å². The minimum Gasteiger partial charge on any atom is -0.495 e. The Hall–Kier alpha value is -3.28. The van der Waals surface area contributed by atoms with Gasteiger partial charge in [-0.05, 0) is 47.5 Å². The van der Waals surface area contributed by atoms with Crippen molar-refractivity contribution in [3.05, 3.63) is 53.6 Å². The van der Waals surface area contributed by atoms with Crippen molar-refractivity contribution >= 4 is 29.3 Å². The summed E-state index contributed by atoms with van der Waals surface area (Å²) in [6.45, 7) is 2.12. The molecule has 3 rings (SSSR count). The number of carbonyl (C=O) groups excluding carboxylic acids is 2. The van der Waals surface area contributed by atoms with E-state index in [1.54, 1.807) is 24.3 Å². The van der Waals surface area contributed by atoms with E-state index in [9.17, 15) is 9.59 Å². The van der Waals surface area contributed by atoms with Crippen LogP contribution in [0.15, 0.2) is 42.5 Å². The SMILES string of the molecule is COc1ccc(NC(=O)/C=C/c2ccc3c(c2)CCO3)cc1NC(C)=O. The van der Waals surface area contributed by atoms with Gasteiger partial charge in [0.15, 0.2) is 0 Å². The molecule has 2 aromatic rings. The van der Waals surface area contributed by atoms with Gasteiger partial charge in [0.1, 0.15) is 11.5 Å². The van der Waals surface area contributed by atoms with Crippen molar-refractivity contribution < 1.29 is 19.1 Å². The van der Waals surface area contributed by atoms with E-state index in [0.717, 1.165) is 23.3 Å². The van der Waals surface area contributed by atoms with Crippen LogP contribution in [0.3, 0.4) is 0 Å². The molecule has 0 spiro atoms. The van der Waals surface area contributed by atoms with Gasteiger partial charge in [-0.25, -0.2) is 0 Å². The molecule has 1 heterocycles. The first-order valence-corrected chi connectivity index (χ1v) is 8.25. The third-order valence-corrected chi connectivity index (χ3v) is 3.92. The summed E-state index contributed by atoms with van der Waals surface area (Å²) in [5.41, 5.74) is 3.16. The topological polar surface area (TPSA) is 76.7 Å². The average molecular weight is 352 g/mol. The van der Waals surface area contributed by atoms with Gasteiger partial charge in [0.05, 0.1) is 19.4 Å². The molecule has 0 fully saturated rings. The highest BCUT2D eigenvalue weighted by Gasteiger charge is 2.11. The molecule has 1 aliphatic rings. The Morgan fingerprint density at radius 3 is 2.77 bits per heavy atom. The summed E-state index contributed by atoms with van der Waals surface area (Å²) < 4.78 is 10.7. The van der Waals surface area contributed by atoms with Crippen molar-refractivity contribution in [1.82, 2.24) is 0 Å². The third kappa shape index (κ3) is 4.22. The quantitative estimate of drug-likeness (QED) is 0.810. The van der Waals surface area contributed by atoms with Gasteiger partial charge in [0, 0.05) is 25.1 Å². The highest BCUT2D eigenvalue weighted by molar-refractivity contribution is 6.02. The number of rotatable bonds is 5. The number of fused-ring (bicyclic) bond motifs is 1. The fourth-order valence-corrected chi connectivity index (χ4v) is 2.74. The summed E-state index contributed by atoms with van der Waals surface area (Å²) in [6, 6.07) is 10.9. The fourth-order valence-electron chi connectivity index (χ4n) is 2.74. The molecule has 2 N–H and O–H groups in total. The number of methoxy groups -OCH3 is 1. The number of hydrogen-bond acceptors (Lipinski definition) is 4. The van der Waals surface area contributed by atoms with Gasteiger partial charge in [-0.2, -0.15) is 0 Å². The molecule has 26 heavy (non-hydrogen) atoms. The van der Waals surface area contributed by atoms with Gasteiger partial charge in [-0.3, -0.25) is 9.59 Å². The standard InChI is InChI=1S/C20H20N2O4/c1-13(23)21-17-12-16(5-7-19(17)25-2)22-20(24)8-4-14-3-6-18-15(11-14)9-10-26-18/h3-8,11-12H,9-10H2,1-2H3,(H,21,23)(H,22,24)/b8-4+. The summed E-state index contributed by atoms with van der Waals surface area (Å²) in [6.07, 6.45) is 4.12. The van der Waals surface area contributed by atoms with Crippen LogP contribution < -0.4 is 20.1 Å². The van der Waals surface area contributed by atoms with Crippen molar-refractivity contribution in [2.45, 2.75) is 13.3 Å². The van der Waals surface area contributed by atoms with Crippen LogP contribution >= 0.6 is 0 Å². The lowest BCUT2D eigenvalue weighted by atomic mass is 10.1. The van der Waals surface area contributed by atoms with E-state index >= 15 is 0 Å². The van der Waals surface area contributed by atoms with E-state index in [4.69, 9.17) is 9.47 Å². The lowest BCUT2D eigenvalue weighted by Crippen LogP contribution is -2.10. The molecule has 1 aliphatic heterocycles. The molecule has 0 aliphatic carbocycles. The minimum absolute atomic E-state index is 0.215. The number of hydrogen-bond donors (Lipinski definition) is 2. The highest BCUT2D eigenvalue weighted by atomic mass is 16.5. The normalized spacial score (nSPS) is 12.4. The van der Waals surface area contributed by atoms with E-state index in [2.05, 4.69) is 10.6 Å². The number of benzene rings is 2. The summed E-state index contributed by atoms with van der Waals surface area (Å²) in [5, 5.41) is 5.45. The van der Waals surface area contributed by atoms with E-state index in [-0.39, 0.29) is 11.8 Å². The number of amides is 2. The second-order valence-corrected chi connectivity index (χ2v) is 5.88. The molecule has 6 heteroatoms. The second-order valence-electron chi connectivity index (χ2n) is 5.88. The number of nitrogens with one attached hydrogen (secondary N) is 2. The Bertz CT molecular complexity index is 874. The number of ether oxygens (including phenoxy) is 2. The fraction of sp³-hybridized carbons (Fsp3) is 0.200. The van der Waals surface area contributed by atoms with Crippen molar-refractivity contribution in [1.29, 1.82) is 0 Å². The lowest BCUT2D eigenvalue weighted by Gasteiger charge is -2.11. The largest absolute Gasteiger partial charge is 0.495 e. The van der Waals surface area contributed by atoms with Gasteiger partial charge in [0.2, 0.25) is 11.8 Å². The van der Waals surface area contributed by atoms with Crippen LogP contribution in [0, 0.1) is 0 Å². The molecule has 2 aromatic carbocycles. The molecular formula is C20H20N2O4. The van der Waals surface area contributed by atoms with E-state index < -0.39 is 0 Å². The predicted molar refractivity (Wildman–Crippen MR) is 101 cm³/mol. The average Bonchev–Trinajstić information content (AvgIpc) is 3.07. The molecule has 0 saturated carbocycles. The maximum absolute atomic E-state index is 12.2. The van der Waals surface area contributed by atoms with Gasteiger partial charge in [-0.1, -0.05) is 6.07 Å².